The van der Waals surface area contributed by atoms with Crippen molar-refractivity contribution < 1.29 is 28.5 Å². The third-order valence-corrected chi connectivity index (χ3v) is 7.30. The molecule has 0 saturated heterocycles. The van der Waals surface area contributed by atoms with Crippen molar-refractivity contribution >= 4 is 29.3 Å². The Morgan fingerprint density at radius 3 is 2.39 bits per heavy atom. The number of anilines is 1. The number of ether oxygens (including phenoxy) is 4. The van der Waals surface area contributed by atoms with E-state index in [9.17, 15) is 9.59 Å². The molecule has 2 aliphatic rings. The van der Waals surface area contributed by atoms with Gasteiger partial charge in [-0.2, -0.15) is 0 Å². The number of amides is 2. The highest BCUT2D eigenvalue weighted by molar-refractivity contribution is 7.98. The number of methoxy groups -OCH3 is 2. The summed E-state index contributed by atoms with van der Waals surface area (Å²) in [5.41, 5.74) is 2.41. The Morgan fingerprint density at radius 2 is 1.69 bits per heavy atom. The number of carbonyl (C=O) groups excluding carboxylic acids is 2. The molecule has 36 heavy (non-hydrogen) atoms. The van der Waals surface area contributed by atoms with Crippen LogP contribution < -0.4 is 24.3 Å². The Kier molecular flexibility index (Phi) is 6.40. The summed E-state index contributed by atoms with van der Waals surface area (Å²) < 4.78 is 21.8. The Labute approximate surface area is 213 Å². The zero-order valence-electron chi connectivity index (χ0n) is 20.4. The molecule has 186 valence electrons. The fourth-order valence-corrected chi connectivity index (χ4v) is 5.15. The maximum atomic E-state index is 13.9. The SMILES string of the molecule is COc1cc2c(cc1OC)C(C(=O)Nc1ccc3c(c1)OCO3)C(c1ccc(SC)cc1)N(C)C2=O. The second-order valence-corrected chi connectivity index (χ2v) is 9.34. The average Bonchev–Trinajstić information content (AvgIpc) is 3.37. The fourth-order valence-electron chi connectivity index (χ4n) is 4.74. The number of likely N-dealkylation sites (N-methyl/N-ethyl adjacent to an activating group) is 1. The van der Waals surface area contributed by atoms with Crippen LogP contribution >= 0.6 is 11.8 Å². The summed E-state index contributed by atoms with van der Waals surface area (Å²) in [6.45, 7) is 0.144. The molecule has 0 bridgehead atoms. The van der Waals surface area contributed by atoms with E-state index in [4.69, 9.17) is 18.9 Å². The molecule has 1 N–H and O–H groups in total. The highest BCUT2D eigenvalue weighted by atomic mass is 32.2. The summed E-state index contributed by atoms with van der Waals surface area (Å²) in [7, 11) is 4.76. The molecule has 0 radical (unpaired) electrons. The van der Waals surface area contributed by atoms with Gasteiger partial charge < -0.3 is 29.2 Å². The van der Waals surface area contributed by atoms with E-state index in [0.29, 0.717) is 39.8 Å². The monoisotopic (exact) mass is 506 g/mol. The van der Waals surface area contributed by atoms with Gasteiger partial charge >= 0.3 is 0 Å². The van der Waals surface area contributed by atoms with Gasteiger partial charge in [0.1, 0.15) is 0 Å². The second kappa shape index (κ2) is 9.66. The second-order valence-electron chi connectivity index (χ2n) is 8.46. The van der Waals surface area contributed by atoms with E-state index in [0.717, 1.165) is 10.5 Å². The summed E-state index contributed by atoms with van der Waals surface area (Å²) in [4.78, 5) is 30.2. The van der Waals surface area contributed by atoms with Crippen molar-refractivity contribution in [1.29, 1.82) is 0 Å². The number of hydrogen-bond acceptors (Lipinski definition) is 7. The van der Waals surface area contributed by atoms with Gasteiger partial charge in [0.15, 0.2) is 23.0 Å². The number of nitrogens with zero attached hydrogens (tertiary/aromatic N) is 1. The maximum absolute atomic E-state index is 13.9. The molecule has 2 aliphatic heterocycles. The van der Waals surface area contributed by atoms with Gasteiger partial charge in [-0.05, 0) is 53.8 Å². The molecule has 2 amide bonds. The predicted octanol–water partition coefficient (Wildman–Crippen LogP) is 4.70. The molecule has 3 aromatic rings. The van der Waals surface area contributed by atoms with Crippen LogP contribution in [0.3, 0.4) is 0 Å². The first-order valence-electron chi connectivity index (χ1n) is 11.3. The first-order valence-corrected chi connectivity index (χ1v) is 12.5. The van der Waals surface area contributed by atoms with E-state index in [2.05, 4.69) is 5.32 Å². The quantitative estimate of drug-likeness (QED) is 0.485. The molecule has 2 heterocycles. The van der Waals surface area contributed by atoms with E-state index in [1.165, 1.54) is 14.2 Å². The number of fused-ring (bicyclic) bond motifs is 2. The lowest BCUT2D eigenvalue weighted by atomic mass is 9.79. The minimum absolute atomic E-state index is 0.144. The highest BCUT2D eigenvalue weighted by Gasteiger charge is 2.43. The van der Waals surface area contributed by atoms with Crippen LogP contribution in [0.25, 0.3) is 0 Å². The summed E-state index contributed by atoms with van der Waals surface area (Å²) in [5, 5.41) is 3.02. The average molecular weight is 507 g/mol. The van der Waals surface area contributed by atoms with Gasteiger partial charge in [-0.25, -0.2) is 0 Å². The van der Waals surface area contributed by atoms with Crippen LogP contribution in [0.1, 0.15) is 33.4 Å². The van der Waals surface area contributed by atoms with E-state index < -0.39 is 12.0 Å². The number of rotatable bonds is 6. The summed E-state index contributed by atoms with van der Waals surface area (Å²) in [6, 6.07) is 16.0. The van der Waals surface area contributed by atoms with Crippen molar-refractivity contribution in [2.75, 3.05) is 39.6 Å². The molecule has 3 aromatic carbocycles. The van der Waals surface area contributed by atoms with Crippen LogP contribution in [0.2, 0.25) is 0 Å². The topological polar surface area (TPSA) is 86.3 Å². The molecule has 2 unspecified atom stereocenters. The Bertz CT molecular complexity index is 1330. The van der Waals surface area contributed by atoms with Gasteiger partial charge in [0, 0.05) is 29.3 Å². The molecule has 9 heteroatoms. The Balaban J connectivity index is 1.61. The standard InChI is InChI=1S/C27H26N2O6S/c1-29-25(15-5-8-17(36-4)9-6-15)24(18-12-21(32-2)22(33-3)13-19(18)27(29)31)26(30)28-16-7-10-20-23(11-16)35-14-34-20/h5-13,24-25H,14H2,1-4H3,(H,28,30). The Hall–Kier alpha value is -3.85. The third kappa shape index (κ3) is 4.09. The molecule has 0 spiro atoms. The number of benzene rings is 3. The van der Waals surface area contributed by atoms with Gasteiger partial charge in [-0.15, -0.1) is 11.8 Å². The van der Waals surface area contributed by atoms with E-state index in [1.807, 2.05) is 30.5 Å². The van der Waals surface area contributed by atoms with E-state index in [1.54, 1.807) is 54.0 Å². The van der Waals surface area contributed by atoms with Crippen molar-refractivity contribution in [1.82, 2.24) is 4.90 Å². The zero-order valence-corrected chi connectivity index (χ0v) is 21.2. The van der Waals surface area contributed by atoms with Crippen LogP contribution in [0, 0.1) is 0 Å². The lowest BCUT2D eigenvalue weighted by Gasteiger charge is -2.40. The molecule has 8 nitrogen and oxygen atoms in total. The van der Waals surface area contributed by atoms with Gasteiger partial charge in [-0.3, -0.25) is 9.59 Å². The fraction of sp³-hybridized carbons (Fsp3) is 0.259. The number of nitrogens with one attached hydrogen (secondary N) is 1. The lowest BCUT2D eigenvalue weighted by Crippen LogP contribution is -2.44. The minimum atomic E-state index is -0.715. The largest absolute Gasteiger partial charge is 0.493 e. The van der Waals surface area contributed by atoms with Crippen molar-refractivity contribution in [3.8, 4) is 23.0 Å². The van der Waals surface area contributed by atoms with E-state index in [-0.39, 0.29) is 18.6 Å². The third-order valence-electron chi connectivity index (χ3n) is 6.55. The van der Waals surface area contributed by atoms with Crippen molar-refractivity contribution in [3.63, 3.8) is 0 Å². The van der Waals surface area contributed by atoms with Crippen LogP contribution in [-0.2, 0) is 4.79 Å². The predicted molar refractivity (Wildman–Crippen MR) is 137 cm³/mol. The summed E-state index contributed by atoms with van der Waals surface area (Å²) in [5.74, 6) is 0.900. The zero-order chi connectivity index (χ0) is 25.4. The molecule has 0 aliphatic carbocycles. The number of carbonyl (C=O) groups is 2. The number of thioether (sulfide) groups is 1. The first kappa shape index (κ1) is 23.9. The summed E-state index contributed by atoms with van der Waals surface area (Å²) >= 11 is 1.63. The summed E-state index contributed by atoms with van der Waals surface area (Å²) in [6.07, 6.45) is 2.00. The van der Waals surface area contributed by atoms with Crippen molar-refractivity contribution in [2.45, 2.75) is 16.9 Å². The normalized spacial score (nSPS) is 18.0. The molecule has 0 saturated carbocycles. The maximum Gasteiger partial charge on any atom is 0.254 e. The molecule has 5 rings (SSSR count). The van der Waals surface area contributed by atoms with Gasteiger partial charge in [0.05, 0.1) is 26.2 Å². The Morgan fingerprint density at radius 1 is 1.00 bits per heavy atom. The van der Waals surface area contributed by atoms with Gasteiger partial charge in [0.25, 0.3) is 5.91 Å². The van der Waals surface area contributed by atoms with Crippen LogP contribution in [0.5, 0.6) is 23.0 Å². The van der Waals surface area contributed by atoms with Crippen LogP contribution in [0.4, 0.5) is 5.69 Å². The van der Waals surface area contributed by atoms with E-state index >= 15 is 0 Å². The highest BCUT2D eigenvalue weighted by Crippen LogP contribution is 2.46. The molecule has 0 aromatic heterocycles. The first-order chi connectivity index (χ1) is 17.4. The smallest absolute Gasteiger partial charge is 0.254 e. The van der Waals surface area contributed by atoms with Gasteiger partial charge in [0.2, 0.25) is 12.7 Å². The van der Waals surface area contributed by atoms with Crippen LogP contribution in [0.15, 0.2) is 59.5 Å². The van der Waals surface area contributed by atoms with Gasteiger partial charge in [-0.1, -0.05) is 12.1 Å². The van der Waals surface area contributed by atoms with Crippen molar-refractivity contribution in [2.24, 2.45) is 0 Å². The number of hydrogen-bond donors (Lipinski definition) is 1. The molecule has 2 atom stereocenters. The molecule has 0 fully saturated rings. The molecular weight excluding hydrogens is 480 g/mol. The minimum Gasteiger partial charge on any atom is -0.493 e. The van der Waals surface area contributed by atoms with Crippen LogP contribution in [-0.4, -0.2) is 51.0 Å². The molecular formula is C27H26N2O6S. The van der Waals surface area contributed by atoms with Crippen molar-refractivity contribution in [3.05, 3.63) is 71.3 Å². The lowest BCUT2D eigenvalue weighted by molar-refractivity contribution is -0.119.